The Labute approximate surface area is 139 Å². The molecular formula is C18H14N6. The zero-order valence-electron chi connectivity index (χ0n) is 12.7. The first-order chi connectivity index (χ1) is 11.7. The van der Waals surface area contributed by atoms with Crippen LogP contribution in [-0.2, 0) is 0 Å². The van der Waals surface area contributed by atoms with Gasteiger partial charge in [0.15, 0.2) is 5.82 Å². The highest BCUT2D eigenvalue weighted by Crippen LogP contribution is 2.21. The van der Waals surface area contributed by atoms with Crippen LogP contribution >= 0.6 is 0 Å². The first kappa shape index (κ1) is 15.2. The molecule has 116 valence electrons. The van der Waals surface area contributed by atoms with Gasteiger partial charge in [0.1, 0.15) is 6.07 Å². The van der Waals surface area contributed by atoms with Gasteiger partial charge in [0.2, 0.25) is 11.9 Å². The molecule has 3 rings (SSSR count). The fourth-order valence-corrected chi connectivity index (χ4v) is 2.25. The predicted octanol–water partition coefficient (Wildman–Crippen LogP) is 2.77. The zero-order valence-corrected chi connectivity index (χ0v) is 12.7. The van der Waals surface area contributed by atoms with Crippen LogP contribution in [0.4, 0.5) is 11.9 Å². The van der Waals surface area contributed by atoms with Crippen LogP contribution < -0.4 is 11.5 Å². The molecule has 6 heteroatoms. The molecule has 0 aliphatic rings. The van der Waals surface area contributed by atoms with Crippen LogP contribution in [0.2, 0.25) is 0 Å². The molecule has 0 aliphatic heterocycles. The largest absolute Gasteiger partial charge is 0.368 e. The van der Waals surface area contributed by atoms with Crippen molar-refractivity contribution in [3.8, 4) is 17.2 Å². The number of nitrogens with two attached hydrogens (primary N) is 2. The lowest BCUT2D eigenvalue weighted by Gasteiger charge is -2.03. The van der Waals surface area contributed by atoms with Crippen molar-refractivity contribution in [1.82, 2.24) is 15.0 Å². The van der Waals surface area contributed by atoms with Crippen LogP contribution in [0, 0.1) is 11.3 Å². The Balaban J connectivity index is 1.93. The van der Waals surface area contributed by atoms with Crippen molar-refractivity contribution in [2.75, 3.05) is 11.5 Å². The smallest absolute Gasteiger partial charge is 0.225 e. The summed E-state index contributed by atoms with van der Waals surface area (Å²) in [6.45, 7) is 0. The molecule has 1 heterocycles. The molecule has 1 aromatic heterocycles. The lowest BCUT2D eigenvalue weighted by atomic mass is 10.0. The maximum absolute atomic E-state index is 9.35. The van der Waals surface area contributed by atoms with Crippen LogP contribution in [0.3, 0.4) is 0 Å². The fourth-order valence-electron chi connectivity index (χ4n) is 2.25. The number of rotatable bonds is 3. The van der Waals surface area contributed by atoms with Gasteiger partial charge in [0, 0.05) is 0 Å². The molecule has 0 spiro atoms. The Morgan fingerprint density at radius 3 is 2.00 bits per heavy atom. The van der Waals surface area contributed by atoms with Crippen molar-refractivity contribution < 1.29 is 0 Å². The van der Waals surface area contributed by atoms with Crippen LogP contribution in [0.15, 0.2) is 54.6 Å². The third-order valence-corrected chi connectivity index (χ3v) is 3.36. The van der Waals surface area contributed by atoms with Crippen LogP contribution in [0.1, 0.15) is 11.4 Å². The standard InChI is InChI=1S/C18H14N6/c19-11-15(16-22-17(20)24-18(21)23-16)10-12-6-8-14(9-7-12)13-4-2-1-3-5-13/h1-10H,(H4,20,21,22,23,24). The van der Waals surface area contributed by atoms with Crippen molar-refractivity contribution >= 4 is 23.5 Å². The Hall–Kier alpha value is -3.72. The predicted molar refractivity (Wildman–Crippen MR) is 94.0 cm³/mol. The maximum Gasteiger partial charge on any atom is 0.225 e. The van der Waals surface area contributed by atoms with Crippen molar-refractivity contribution in [3.05, 3.63) is 66.0 Å². The normalized spacial score (nSPS) is 11.0. The Morgan fingerprint density at radius 1 is 0.833 bits per heavy atom. The molecule has 2 aromatic carbocycles. The molecule has 0 radical (unpaired) electrons. The van der Waals surface area contributed by atoms with Gasteiger partial charge in [-0.1, -0.05) is 54.6 Å². The van der Waals surface area contributed by atoms with E-state index in [1.165, 1.54) is 0 Å². The molecule has 4 N–H and O–H groups in total. The van der Waals surface area contributed by atoms with Crippen molar-refractivity contribution in [2.45, 2.75) is 0 Å². The van der Waals surface area contributed by atoms with E-state index in [0.29, 0.717) is 0 Å². The summed E-state index contributed by atoms with van der Waals surface area (Å²) < 4.78 is 0. The molecule has 0 atom stereocenters. The first-order valence-corrected chi connectivity index (χ1v) is 7.20. The maximum atomic E-state index is 9.35. The van der Waals surface area contributed by atoms with Crippen molar-refractivity contribution in [2.24, 2.45) is 0 Å². The quantitative estimate of drug-likeness (QED) is 0.718. The van der Waals surface area contributed by atoms with Crippen molar-refractivity contribution in [3.63, 3.8) is 0 Å². The lowest BCUT2D eigenvalue weighted by Crippen LogP contribution is -2.06. The average molecular weight is 314 g/mol. The van der Waals surface area contributed by atoms with E-state index in [-0.39, 0.29) is 23.3 Å². The van der Waals surface area contributed by atoms with Gasteiger partial charge in [-0.3, -0.25) is 0 Å². The molecule has 0 fully saturated rings. The van der Waals surface area contributed by atoms with Gasteiger partial charge in [-0.15, -0.1) is 0 Å². The minimum Gasteiger partial charge on any atom is -0.368 e. The molecule has 24 heavy (non-hydrogen) atoms. The van der Waals surface area contributed by atoms with Gasteiger partial charge in [0.25, 0.3) is 0 Å². The molecule has 3 aromatic rings. The third-order valence-electron chi connectivity index (χ3n) is 3.36. The molecule has 6 nitrogen and oxygen atoms in total. The molecule has 0 saturated carbocycles. The van der Waals surface area contributed by atoms with E-state index in [1.54, 1.807) is 6.08 Å². The second-order valence-corrected chi connectivity index (χ2v) is 5.03. The number of aromatic nitrogens is 3. The summed E-state index contributed by atoms with van der Waals surface area (Å²) in [7, 11) is 0. The number of anilines is 2. The fraction of sp³-hybridized carbons (Fsp3) is 0. The summed E-state index contributed by atoms with van der Waals surface area (Å²) in [5.74, 6) is 0.130. The number of nitrogen functional groups attached to an aromatic ring is 2. The van der Waals surface area contributed by atoms with E-state index in [4.69, 9.17) is 11.5 Å². The SMILES string of the molecule is N#CC(=Cc1ccc(-c2ccccc2)cc1)c1nc(N)nc(N)n1. The molecule has 0 aliphatic carbocycles. The van der Waals surface area contributed by atoms with Gasteiger partial charge < -0.3 is 11.5 Å². The van der Waals surface area contributed by atoms with Crippen LogP contribution in [-0.4, -0.2) is 15.0 Å². The third kappa shape index (κ3) is 3.36. The van der Waals surface area contributed by atoms with Crippen LogP contribution in [0.25, 0.3) is 22.8 Å². The molecule has 0 unspecified atom stereocenters. The second kappa shape index (κ2) is 6.58. The van der Waals surface area contributed by atoms with Crippen molar-refractivity contribution in [1.29, 1.82) is 5.26 Å². The summed E-state index contributed by atoms with van der Waals surface area (Å²) in [6, 6.07) is 19.9. The van der Waals surface area contributed by atoms with Crippen LogP contribution in [0.5, 0.6) is 0 Å². The first-order valence-electron chi connectivity index (χ1n) is 7.20. The average Bonchev–Trinajstić information content (AvgIpc) is 2.60. The second-order valence-electron chi connectivity index (χ2n) is 5.03. The topological polar surface area (TPSA) is 114 Å². The number of hydrogen-bond donors (Lipinski definition) is 2. The van der Waals surface area contributed by atoms with Gasteiger partial charge in [0.05, 0.1) is 5.57 Å². The number of hydrogen-bond acceptors (Lipinski definition) is 6. The lowest BCUT2D eigenvalue weighted by molar-refractivity contribution is 1.05. The summed E-state index contributed by atoms with van der Waals surface area (Å²) in [5, 5.41) is 9.35. The van der Waals surface area contributed by atoms with Gasteiger partial charge in [-0.05, 0) is 22.8 Å². The monoisotopic (exact) mass is 314 g/mol. The summed E-state index contributed by atoms with van der Waals surface area (Å²) in [4.78, 5) is 11.6. The van der Waals surface area contributed by atoms with Gasteiger partial charge in [-0.2, -0.15) is 20.2 Å². The van der Waals surface area contributed by atoms with E-state index in [9.17, 15) is 5.26 Å². The Kier molecular flexibility index (Phi) is 4.17. The number of nitrogens with zero attached hydrogens (tertiary/aromatic N) is 4. The highest BCUT2D eigenvalue weighted by atomic mass is 15.1. The summed E-state index contributed by atoms with van der Waals surface area (Å²) in [5.41, 5.74) is 14.4. The highest BCUT2D eigenvalue weighted by Gasteiger charge is 2.08. The zero-order chi connectivity index (χ0) is 16.9. The minimum absolute atomic E-state index is 0.0157. The number of benzene rings is 2. The Morgan fingerprint density at radius 2 is 1.42 bits per heavy atom. The van der Waals surface area contributed by atoms with E-state index < -0.39 is 0 Å². The molecule has 0 bridgehead atoms. The minimum atomic E-state index is -0.0157. The van der Waals surface area contributed by atoms with E-state index in [2.05, 4.69) is 21.0 Å². The molecule has 0 amide bonds. The molecule has 0 saturated heterocycles. The Bertz CT molecular complexity index is 904. The number of allylic oxidation sites excluding steroid dienone is 1. The van der Waals surface area contributed by atoms with E-state index in [0.717, 1.165) is 16.7 Å². The van der Waals surface area contributed by atoms with E-state index in [1.807, 2.05) is 54.6 Å². The van der Waals surface area contributed by atoms with E-state index >= 15 is 0 Å². The molecular weight excluding hydrogens is 300 g/mol. The van der Waals surface area contributed by atoms with Gasteiger partial charge >= 0.3 is 0 Å². The highest BCUT2D eigenvalue weighted by molar-refractivity contribution is 5.87. The van der Waals surface area contributed by atoms with Gasteiger partial charge in [-0.25, -0.2) is 0 Å². The summed E-state index contributed by atoms with van der Waals surface area (Å²) >= 11 is 0. The number of nitriles is 1. The summed E-state index contributed by atoms with van der Waals surface area (Å²) in [6.07, 6.45) is 1.68.